The van der Waals surface area contributed by atoms with E-state index in [1.807, 2.05) is 0 Å². The van der Waals surface area contributed by atoms with Gasteiger partial charge in [0.15, 0.2) is 5.16 Å². The van der Waals surface area contributed by atoms with Crippen molar-refractivity contribution in [3.8, 4) is 5.75 Å². The lowest BCUT2D eigenvalue weighted by molar-refractivity contribution is -0.116. The molecule has 3 aromatic rings. The third-order valence-electron chi connectivity index (χ3n) is 4.35. The number of nitrogens with one attached hydrogen (secondary N) is 2. The highest BCUT2D eigenvalue weighted by Crippen LogP contribution is 2.19. The number of nitrogens with zero attached hydrogens (tertiary/aromatic N) is 3. The Bertz CT molecular complexity index is 1060. The quantitative estimate of drug-likeness (QED) is 0.493. The Kier molecular flexibility index (Phi) is 7.60. The topological polar surface area (TPSA) is 98.1 Å². The van der Waals surface area contributed by atoms with E-state index in [0.29, 0.717) is 28.8 Å². The summed E-state index contributed by atoms with van der Waals surface area (Å²) in [4.78, 5) is 24.3. The van der Waals surface area contributed by atoms with Crippen LogP contribution >= 0.6 is 11.8 Å². The lowest BCUT2D eigenvalue weighted by Crippen LogP contribution is -2.15. The van der Waals surface area contributed by atoms with Crippen molar-refractivity contribution < 1.29 is 18.7 Å². The summed E-state index contributed by atoms with van der Waals surface area (Å²) in [7, 11) is 3.35. The lowest BCUT2D eigenvalue weighted by Gasteiger charge is -2.07. The van der Waals surface area contributed by atoms with Crippen LogP contribution in [0.3, 0.4) is 0 Å². The number of halogens is 1. The first kappa shape index (κ1) is 22.3. The van der Waals surface area contributed by atoms with Crippen molar-refractivity contribution >= 4 is 35.0 Å². The molecule has 31 heavy (non-hydrogen) atoms. The van der Waals surface area contributed by atoms with Crippen LogP contribution < -0.4 is 15.4 Å². The smallest absolute Gasteiger partial charge is 0.234 e. The Morgan fingerprint density at radius 3 is 2.52 bits per heavy atom. The summed E-state index contributed by atoms with van der Waals surface area (Å²) in [6, 6.07) is 13.0. The van der Waals surface area contributed by atoms with E-state index in [1.165, 1.54) is 23.9 Å². The second-order valence-electron chi connectivity index (χ2n) is 6.55. The van der Waals surface area contributed by atoms with Crippen molar-refractivity contribution in [2.75, 3.05) is 23.5 Å². The highest BCUT2D eigenvalue weighted by Gasteiger charge is 2.14. The Labute approximate surface area is 183 Å². The van der Waals surface area contributed by atoms with Gasteiger partial charge in [0, 0.05) is 25.6 Å². The van der Waals surface area contributed by atoms with Gasteiger partial charge < -0.3 is 19.9 Å². The molecular formula is C21H22FN5O3S. The van der Waals surface area contributed by atoms with Crippen molar-refractivity contribution in [3.63, 3.8) is 0 Å². The van der Waals surface area contributed by atoms with E-state index in [0.717, 1.165) is 0 Å². The molecule has 2 aromatic carbocycles. The summed E-state index contributed by atoms with van der Waals surface area (Å²) >= 11 is 1.24. The van der Waals surface area contributed by atoms with E-state index >= 15 is 0 Å². The van der Waals surface area contributed by atoms with Gasteiger partial charge in [-0.1, -0.05) is 23.9 Å². The van der Waals surface area contributed by atoms with Gasteiger partial charge in [-0.3, -0.25) is 9.59 Å². The van der Waals surface area contributed by atoms with Gasteiger partial charge in [0.05, 0.1) is 18.6 Å². The second-order valence-corrected chi connectivity index (χ2v) is 7.49. The van der Waals surface area contributed by atoms with Gasteiger partial charge in [-0.05, 0) is 36.4 Å². The van der Waals surface area contributed by atoms with Gasteiger partial charge >= 0.3 is 0 Å². The zero-order valence-corrected chi connectivity index (χ0v) is 17.9. The Morgan fingerprint density at radius 1 is 1.06 bits per heavy atom. The monoisotopic (exact) mass is 443 g/mol. The molecule has 1 aromatic heterocycles. The van der Waals surface area contributed by atoms with Crippen LogP contribution in [0, 0.1) is 5.82 Å². The Hall–Kier alpha value is -3.40. The highest BCUT2D eigenvalue weighted by atomic mass is 32.2. The number of benzene rings is 2. The summed E-state index contributed by atoms with van der Waals surface area (Å²) in [6.07, 6.45) is 0.464. The van der Waals surface area contributed by atoms with Crippen LogP contribution in [0.4, 0.5) is 15.8 Å². The summed E-state index contributed by atoms with van der Waals surface area (Å²) in [5, 5.41) is 14.1. The fourth-order valence-electron chi connectivity index (χ4n) is 2.69. The largest absolute Gasteiger partial charge is 0.497 e. The number of carbonyl (C=O) groups is 2. The molecule has 0 spiro atoms. The molecule has 0 unspecified atom stereocenters. The molecule has 0 aliphatic rings. The first-order valence-corrected chi connectivity index (χ1v) is 10.4. The predicted molar refractivity (Wildman–Crippen MR) is 117 cm³/mol. The molecule has 2 N–H and O–H groups in total. The average Bonchev–Trinajstić information content (AvgIpc) is 3.12. The predicted octanol–water partition coefficient (Wildman–Crippen LogP) is 3.26. The van der Waals surface area contributed by atoms with Gasteiger partial charge in [0.25, 0.3) is 0 Å². The molecule has 3 rings (SSSR count). The highest BCUT2D eigenvalue weighted by molar-refractivity contribution is 7.99. The number of amides is 2. The van der Waals surface area contributed by atoms with E-state index in [2.05, 4.69) is 20.8 Å². The van der Waals surface area contributed by atoms with E-state index in [4.69, 9.17) is 4.74 Å². The molecule has 10 heteroatoms. The van der Waals surface area contributed by atoms with Crippen LogP contribution in [0.1, 0.15) is 12.2 Å². The number of anilines is 2. The number of aromatic nitrogens is 3. The summed E-state index contributed by atoms with van der Waals surface area (Å²) in [5.74, 6) is 0.487. The fourth-order valence-corrected chi connectivity index (χ4v) is 3.42. The number of rotatable bonds is 9. The number of ether oxygens (including phenoxy) is 1. The Balaban J connectivity index is 1.47. The third-order valence-corrected chi connectivity index (χ3v) is 5.38. The summed E-state index contributed by atoms with van der Waals surface area (Å²) < 4.78 is 20.4. The first-order valence-electron chi connectivity index (χ1n) is 9.45. The number of aryl methyl sites for hydroxylation is 1. The minimum atomic E-state index is -0.485. The molecule has 0 atom stereocenters. The Morgan fingerprint density at radius 2 is 1.81 bits per heavy atom. The number of hydrogen-bond acceptors (Lipinski definition) is 6. The van der Waals surface area contributed by atoms with Crippen LogP contribution in [0.5, 0.6) is 5.75 Å². The minimum absolute atomic E-state index is 0.128. The summed E-state index contributed by atoms with van der Waals surface area (Å²) in [5.41, 5.74) is 0.815. The van der Waals surface area contributed by atoms with Gasteiger partial charge in [-0.25, -0.2) is 4.39 Å². The maximum atomic E-state index is 13.6. The zero-order valence-electron chi connectivity index (χ0n) is 17.1. The number of thioether (sulfide) groups is 1. The van der Waals surface area contributed by atoms with Crippen molar-refractivity contribution in [2.45, 2.75) is 18.0 Å². The maximum absolute atomic E-state index is 13.6. The lowest BCUT2D eigenvalue weighted by atomic mass is 10.2. The maximum Gasteiger partial charge on any atom is 0.234 e. The number of carbonyl (C=O) groups excluding carboxylic acids is 2. The normalized spacial score (nSPS) is 10.5. The SMILES string of the molecule is COc1ccc(NC(=O)CSc2nnc(CCC(=O)Nc3ccccc3F)n2C)cc1. The van der Waals surface area contributed by atoms with Gasteiger partial charge in [-0.15, -0.1) is 10.2 Å². The van der Waals surface area contributed by atoms with Crippen molar-refractivity contribution in [3.05, 3.63) is 60.2 Å². The standard InChI is InChI=1S/C21H22FN5O3S/c1-27-18(11-12-19(28)24-17-6-4-3-5-16(17)22)25-26-21(27)31-13-20(29)23-14-7-9-15(30-2)10-8-14/h3-10H,11-13H2,1-2H3,(H,23,29)(H,24,28). The van der Waals surface area contributed by atoms with Gasteiger partial charge in [0.1, 0.15) is 17.4 Å². The molecule has 0 saturated heterocycles. The van der Waals surface area contributed by atoms with Crippen LogP contribution in [-0.4, -0.2) is 39.4 Å². The van der Waals surface area contributed by atoms with Crippen LogP contribution in [0.2, 0.25) is 0 Å². The van der Waals surface area contributed by atoms with Crippen molar-refractivity contribution in [2.24, 2.45) is 7.05 Å². The van der Waals surface area contributed by atoms with Crippen LogP contribution in [0.15, 0.2) is 53.7 Å². The molecule has 0 fully saturated rings. The molecule has 0 aliphatic carbocycles. The van der Waals surface area contributed by atoms with E-state index in [1.54, 1.807) is 55.1 Å². The molecule has 0 aliphatic heterocycles. The zero-order chi connectivity index (χ0) is 22.2. The first-order chi connectivity index (χ1) is 15.0. The van der Waals surface area contributed by atoms with Gasteiger partial charge in [-0.2, -0.15) is 0 Å². The van der Waals surface area contributed by atoms with E-state index in [9.17, 15) is 14.0 Å². The second kappa shape index (κ2) is 10.6. The average molecular weight is 444 g/mol. The van der Waals surface area contributed by atoms with E-state index in [-0.39, 0.29) is 29.7 Å². The molecular weight excluding hydrogens is 421 g/mol. The number of hydrogen-bond donors (Lipinski definition) is 2. The third kappa shape index (κ3) is 6.29. The molecule has 1 heterocycles. The molecule has 2 amide bonds. The number of para-hydroxylation sites is 1. The van der Waals surface area contributed by atoms with Crippen molar-refractivity contribution in [1.29, 1.82) is 0 Å². The van der Waals surface area contributed by atoms with Crippen molar-refractivity contribution in [1.82, 2.24) is 14.8 Å². The van der Waals surface area contributed by atoms with Gasteiger partial charge in [0.2, 0.25) is 11.8 Å². The number of methoxy groups -OCH3 is 1. The molecule has 0 bridgehead atoms. The summed E-state index contributed by atoms with van der Waals surface area (Å²) in [6.45, 7) is 0. The van der Waals surface area contributed by atoms with E-state index < -0.39 is 5.82 Å². The fraction of sp³-hybridized carbons (Fsp3) is 0.238. The molecule has 0 saturated carbocycles. The minimum Gasteiger partial charge on any atom is -0.497 e. The molecule has 162 valence electrons. The van der Waals surface area contributed by atoms with Crippen LogP contribution in [0.25, 0.3) is 0 Å². The molecule has 0 radical (unpaired) electrons. The van der Waals surface area contributed by atoms with Crippen LogP contribution in [-0.2, 0) is 23.1 Å². The molecule has 8 nitrogen and oxygen atoms in total.